The maximum Gasteiger partial charge on any atom is 0.224 e. The Labute approximate surface area is 113 Å². The molecular formula is C15H19N3O. The predicted molar refractivity (Wildman–Crippen MR) is 76.7 cm³/mol. The van der Waals surface area contributed by atoms with Gasteiger partial charge in [0.1, 0.15) is 0 Å². The molecule has 4 nitrogen and oxygen atoms in total. The van der Waals surface area contributed by atoms with Crippen LogP contribution < -0.4 is 11.1 Å². The monoisotopic (exact) mass is 257 g/mol. The van der Waals surface area contributed by atoms with Gasteiger partial charge in [0.25, 0.3) is 0 Å². The van der Waals surface area contributed by atoms with Gasteiger partial charge in [-0.3, -0.25) is 9.78 Å². The van der Waals surface area contributed by atoms with Gasteiger partial charge in [-0.2, -0.15) is 0 Å². The maximum atomic E-state index is 11.9. The number of carbonyl (C=O) groups excluding carboxylic acids is 1. The Balaban J connectivity index is 2.27. The molecule has 3 N–H and O–H groups in total. The molecule has 1 heterocycles. The number of pyridine rings is 1. The number of benzene rings is 1. The molecule has 0 saturated carbocycles. The summed E-state index contributed by atoms with van der Waals surface area (Å²) in [6, 6.07) is 9.91. The molecule has 0 radical (unpaired) electrons. The van der Waals surface area contributed by atoms with E-state index in [9.17, 15) is 4.79 Å². The van der Waals surface area contributed by atoms with Crippen LogP contribution in [0.15, 0.2) is 36.5 Å². The Morgan fingerprint density at radius 2 is 2.16 bits per heavy atom. The molecule has 1 aromatic heterocycles. The minimum atomic E-state index is -0.189. The third-order valence-corrected chi connectivity index (χ3v) is 3.21. The number of nitrogens with zero attached hydrogens (tertiary/aromatic N) is 1. The number of rotatable bonds is 5. The normalized spacial score (nSPS) is 12.3. The van der Waals surface area contributed by atoms with Crippen LogP contribution in [-0.2, 0) is 11.2 Å². The second-order valence-electron chi connectivity index (χ2n) is 4.52. The van der Waals surface area contributed by atoms with Gasteiger partial charge in [0.15, 0.2) is 0 Å². The summed E-state index contributed by atoms with van der Waals surface area (Å²) in [5.74, 6) is -0.170. The molecule has 1 atom stereocenters. The summed E-state index contributed by atoms with van der Waals surface area (Å²) in [6.45, 7) is 2.89. The van der Waals surface area contributed by atoms with Crippen LogP contribution in [-0.4, -0.2) is 24.0 Å². The number of aromatic nitrogens is 1. The number of nitrogens with one attached hydrogen (secondary N) is 1. The molecule has 0 aliphatic rings. The zero-order chi connectivity index (χ0) is 13.7. The summed E-state index contributed by atoms with van der Waals surface area (Å²) in [6.07, 6.45) is 2.42. The molecule has 19 heavy (non-hydrogen) atoms. The topological polar surface area (TPSA) is 68.0 Å². The lowest BCUT2D eigenvalue weighted by molar-refractivity contribution is -0.124. The van der Waals surface area contributed by atoms with Gasteiger partial charge < -0.3 is 11.1 Å². The van der Waals surface area contributed by atoms with Crippen molar-refractivity contribution in [2.24, 2.45) is 11.7 Å². The Hall–Kier alpha value is -1.94. The molecule has 0 saturated heterocycles. The van der Waals surface area contributed by atoms with Crippen molar-refractivity contribution < 1.29 is 4.79 Å². The van der Waals surface area contributed by atoms with E-state index in [0.29, 0.717) is 19.5 Å². The SMILES string of the molecule is CCNC(=O)C(CN)Cc1ccnc2ccccc12. The van der Waals surface area contributed by atoms with Crippen LogP contribution >= 0.6 is 0 Å². The summed E-state index contributed by atoms with van der Waals surface area (Å²) < 4.78 is 0. The van der Waals surface area contributed by atoms with Crippen molar-refractivity contribution in [2.75, 3.05) is 13.1 Å². The lowest BCUT2D eigenvalue weighted by Gasteiger charge is -2.15. The molecule has 0 bridgehead atoms. The van der Waals surface area contributed by atoms with Gasteiger partial charge in [0, 0.05) is 24.7 Å². The van der Waals surface area contributed by atoms with E-state index in [1.807, 2.05) is 37.3 Å². The average Bonchev–Trinajstić information content (AvgIpc) is 2.45. The van der Waals surface area contributed by atoms with E-state index in [1.54, 1.807) is 6.20 Å². The van der Waals surface area contributed by atoms with Crippen LogP contribution in [0.4, 0.5) is 0 Å². The molecule has 0 aliphatic heterocycles. The summed E-state index contributed by atoms with van der Waals surface area (Å²) >= 11 is 0. The van der Waals surface area contributed by atoms with Crippen LogP contribution in [0.25, 0.3) is 10.9 Å². The molecule has 1 amide bonds. The quantitative estimate of drug-likeness (QED) is 0.852. The van der Waals surface area contributed by atoms with Crippen LogP contribution in [0.2, 0.25) is 0 Å². The minimum absolute atomic E-state index is 0.0193. The fourth-order valence-electron chi connectivity index (χ4n) is 2.20. The number of nitrogens with two attached hydrogens (primary N) is 1. The molecule has 1 aromatic carbocycles. The van der Waals surface area contributed by atoms with Gasteiger partial charge in [0.2, 0.25) is 5.91 Å². The number of para-hydroxylation sites is 1. The van der Waals surface area contributed by atoms with Crippen molar-refractivity contribution >= 4 is 16.8 Å². The maximum absolute atomic E-state index is 11.9. The standard InChI is InChI=1S/C15H19N3O/c1-2-17-15(19)12(10-16)9-11-7-8-18-14-6-4-3-5-13(11)14/h3-8,12H,2,9-10,16H2,1H3,(H,17,19). The third kappa shape index (κ3) is 3.09. The number of fused-ring (bicyclic) bond motifs is 1. The fraction of sp³-hybridized carbons (Fsp3) is 0.333. The molecule has 100 valence electrons. The van der Waals surface area contributed by atoms with Gasteiger partial charge in [0.05, 0.1) is 11.4 Å². The Bertz CT molecular complexity index is 563. The van der Waals surface area contributed by atoms with Gasteiger partial charge in [-0.25, -0.2) is 0 Å². The Morgan fingerprint density at radius 3 is 2.89 bits per heavy atom. The molecule has 2 rings (SSSR count). The smallest absolute Gasteiger partial charge is 0.224 e. The first-order valence-electron chi connectivity index (χ1n) is 6.56. The summed E-state index contributed by atoms with van der Waals surface area (Å²) in [5, 5.41) is 3.92. The van der Waals surface area contributed by atoms with Gasteiger partial charge >= 0.3 is 0 Å². The largest absolute Gasteiger partial charge is 0.356 e. The third-order valence-electron chi connectivity index (χ3n) is 3.21. The first-order chi connectivity index (χ1) is 9.26. The van der Waals surface area contributed by atoms with Crippen molar-refractivity contribution in [1.82, 2.24) is 10.3 Å². The highest BCUT2D eigenvalue weighted by molar-refractivity contribution is 5.84. The second-order valence-corrected chi connectivity index (χ2v) is 4.52. The van der Waals surface area contributed by atoms with Crippen molar-refractivity contribution in [2.45, 2.75) is 13.3 Å². The highest BCUT2D eigenvalue weighted by atomic mass is 16.1. The number of carbonyl (C=O) groups is 1. The molecule has 0 spiro atoms. The highest BCUT2D eigenvalue weighted by Gasteiger charge is 2.17. The van der Waals surface area contributed by atoms with Crippen LogP contribution in [0.5, 0.6) is 0 Å². The van der Waals surface area contributed by atoms with Crippen LogP contribution in [0, 0.1) is 5.92 Å². The van der Waals surface area contributed by atoms with E-state index in [0.717, 1.165) is 16.5 Å². The average molecular weight is 257 g/mol. The summed E-state index contributed by atoms with van der Waals surface area (Å²) in [7, 11) is 0. The molecule has 1 unspecified atom stereocenters. The lowest BCUT2D eigenvalue weighted by Crippen LogP contribution is -2.36. The second kappa shape index (κ2) is 6.29. The summed E-state index contributed by atoms with van der Waals surface area (Å²) in [4.78, 5) is 16.2. The minimum Gasteiger partial charge on any atom is -0.356 e. The van der Waals surface area contributed by atoms with E-state index < -0.39 is 0 Å². The van der Waals surface area contributed by atoms with Crippen molar-refractivity contribution in [3.05, 3.63) is 42.1 Å². The molecule has 0 aliphatic carbocycles. The zero-order valence-electron chi connectivity index (χ0n) is 11.1. The van der Waals surface area contributed by atoms with E-state index in [-0.39, 0.29) is 11.8 Å². The Kier molecular flexibility index (Phi) is 4.47. The molecule has 2 aromatic rings. The van der Waals surface area contributed by atoms with Crippen LogP contribution in [0.3, 0.4) is 0 Å². The van der Waals surface area contributed by atoms with Crippen molar-refractivity contribution in [3.63, 3.8) is 0 Å². The van der Waals surface area contributed by atoms with Crippen LogP contribution in [0.1, 0.15) is 12.5 Å². The van der Waals surface area contributed by atoms with E-state index >= 15 is 0 Å². The first-order valence-corrected chi connectivity index (χ1v) is 6.56. The van der Waals surface area contributed by atoms with Gasteiger partial charge in [-0.15, -0.1) is 0 Å². The van der Waals surface area contributed by atoms with Crippen molar-refractivity contribution in [3.8, 4) is 0 Å². The first kappa shape index (κ1) is 13.5. The zero-order valence-corrected chi connectivity index (χ0v) is 11.1. The fourth-order valence-corrected chi connectivity index (χ4v) is 2.20. The number of hydrogen-bond acceptors (Lipinski definition) is 3. The molecule has 4 heteroatoms. The molecular weight excluding hydrogens is 238 g/mol. The van der Waals surface area contributed by atoms with E-state index in [2.05, 4.69) is 10.3 Å². The van der Waals surface area contributed by atoms with E-state index in [1.165, 1.54) is 0 Å². The van der Waals surface area contributed by atoms with E-state index in [4.69, 9.17) is 5.73 Å². The van der Waals surface area contributed by atoms with Gasteiger partial charge in [-0.05, 0) is 31.0 Å². The highest BCUT2D eigenvalue weighted by Crippen LogP contribution is 2.19. The predicted octanol–water partition coefficient (Wildman–Crippen LogP) is 1.49. The summed E-state index contributed by atoms with van der Waals surface area (Å²) in [5.41, 5.74) is 7.79. The Morgan fingerprint density at radius 1 is 1.37 bits per heavy atom. The molecule has 0 fully saturated rings. The van der Waals surface area contributed by atoms with Crippen molar-refractivity contribution in [1.29, 1.82) is 0 Å². The van der Waals surface area contributed by atoms with Gasteiger partial charge in [-0.1, -0.05) is 18.2 Å². The lowest BCUT2D eigenvalue weighted by atomic mass is 9.96. The number of hydrogen-bond donors (Lipinski definition) is 2. The number of amides is 1.